The molecule has 0 atom stereocenters. The molecular formula is C24H16HoN7O9. The molecule has 0 amide bonds. The van der Waals surface area contributed by atoms with E-state index in [2.05, 4.69) is 68.5 Å². The van der Waals surface area contributed by atoms with Gasteiger partial charge in [0.1, 0.15) is 0 Å². The number of fused-ring (bicyclic) bond motifs is 6. The first-order valence-corrected chi connectivity index (χ1v) is 10.7. The number of pyridine rings is 4. The predicted molar refractivity (Wildman–Crippen MR) is 145 cm³/mol. The van der Waals surface area contributed by atoms with Crippen molar-refractivity contribution in [2.75, 3.05) is 0 Å². The van der Waals surface area contributed by atoms with Crippen LogP contribution in [0.4, 0.5) is 0 Å². The Morgan fingerprint density at radius 2 is 0.561 bits per heavy atom. The van der Waals surface area contributed by atoms with Crippen LogP contribution in [0.15, 0.2) is 97.6 Å². The third-order valence-corrected chi connectivity index (χ3v) is 4.69. The Balaban J connectivity index is 0.000000293. The third kappa shape index (κ3) is 11.7. The zero-order chi connectivity index (χ0) is 29.5. The fourth-order valence-corrected chi connectivity index (χ4v) is 3.36. The first-order valence-electron chi connectivity index (χ1n) is 10.7. The summed E-state index contributed by atoms with van der Waals surface area (Å²) in [5.41, 5.74) is 3.91. The van der Waals surface area contributed by atoms with Gasteiger partial charge >= 0.3 is 37.7 Å². The molecule has 16 nitrogen and oxygen atoms in total. The van der Waals surface area contributed by atoms with Gasteiger partial charge in [0.15, 0.2) is 0 Å². The molecule has 0 unspecified atom stereocenters. The maximum absolute atomic E-state index is 8.25. The second-order valence-corrected chi connectivity index (χ2v) is 7.10. The van der Waals surface area contributed by atoms with Crippen LogP contribution in [0.5, 0.6) is 0 Å². The summed E-state index contributed by atoms with van der Waals surface area (Å²) < 4.78 is 0. The van der Waals surface area contributed by atoms with Crippen LogP contribution in [0.2, 0.25) is 0 Å². The molecule has 0 aliphatic carbocycles. The van der Waals surface area contributed by atoms with E-state index in [1.807, 2.05) is 24.3 Å². The molecule has 0 N–H and O–H groups in total. The average Bonchev–Trinajstić information content (AvgIpc) is 2.92. The van der Waals surface area contributed by atoms with Crippen molar-refractivity contribution in [3.05, 3.63) is 144 Å². The van der Waals surface area contributed by atoms with Crippen LogP contribution in [0.3, 0.4) is 0 Å². The van der Waals surface area contributed by atoms with Crippen molar-refractivity contribution in [2.24, 2.45) is 0 Å². The first-order chi connectivity index (χ1) is 19.1. The van der Waals surface area contributed by atoms with Gasteiger partial charge in [-0.2, -0.15) is 0 Å². The molecule has 41 heavy (non-hydrogen) atoms. The molecule has 0 fully saturated rings. The molecule has 4 heterocycles. The Bertz CT molecular complexity index is 1500. The van der Waals surface area contributed by atoms with Gasteiger partial charge in [0.25, 0.3) is 0 Å². The van der Waals surface area contributed by atoms with Crippen molar-refractivity contribution in [2.45, 2.75) is 0 Å². The maximum Gasteiger partial charge on any atom is 3.00 e. The molecule has 0 radical (unpaired) electrons. The Morgan fingerprint density at radius 1 is 0.390 bits per heavy atom. The largest absolute Gasteiger partial charge is 3.00 e. The minimum absolute atomic E-state index is 0. The number of hydrogen-bond acceptors (Lipinski definition) is 13. The fourth-order valence-electron chi connectivity index (χ4n) is 3.36. The van der Waals surface area contributed by atoms with E-state index >= 15 is 0 Å². The maximum atomic E-state index is 8.25. The molecule has 0 aliphatic rings. The van der Waals surface area contributed by atoms with Gasteiger partial charge in [-0.3, -0.25) is 19.9 Å². The van der Waals surface area contributed by atoms with Gasteiger partial charge in [-0.05, 0) is 24.3 Å². The number of aromatic nitrogens is 4. The summed E-state index contributed by atoms with van der Waals surface area (Å²) in [5, 5.41) is 48.8. The quantitative estimate of drug-likeness (QED) is 0.0885. The molecule has 6 rings (SSSR count). The van der Waals surface area contributed by atoms with Crippen molar-refractivity contribution < 1.29 is 53.0 Å². The molecular weight excluding hydrogens is 695 g/mol. The average molecular weight is 711 g/mol. The topological polar surface area (TPSA) is 250 Å². The van der Waals surface area contributed by atoms with Crippen molar-refractivity contribution in [3.8, 4) is 0 Å². The fraction of sp³-hybridized carbons (Fsp3) is 0. The normalized spacial score (nSPS) is 9.17. The SMILES string of the molecule is O=[N+]([O-])[O-].O=[N+]([O-])[O-].O=[N+]([O-])[O-].[Ho+3].c1cnc2c(c1)ccc1cccnc12.c1cnc2c(c1)ccc1cccnc12. The predicted octanol–water partition coefficient (Wildman–Crippen LogP) is 4.85. The van der Waals surface area contributed by atoms with E-state index in [4.69, 9.17) is 46.0 Å². The summed E-state index contributed by atoms with van der Waals surface area (Å²) in [4.78, 5) is 42.1. The van der Waals surface area contributed by atoms with Crippen LogP contribution < -0.4 is 0 Å². The molecule has 212 valence electrons. The smallest absolute Gasteiger partial charge is 0.356 e. The van der Waals surface area contributed by atoms with E-state index in [1.54, 1.807) is 24.8 Å². The summed E-state index contributed by atoms with van der Waals surface area (Å²) in [6.07, 6.45) is 7.21. The Kier molecular flexibility index (Phi) is 14.5. The van der Waals surface area contributed by atoms with Crippen molar-refractivity contribution >= 4 is 43.6 Å². The third-order valence-electron chi connectivity index (χ3n) is 4.69. The molecule has 0 bridgehead atoms. The van der Waals surface area contributed by atoms with Gasteiger partial charge < -0.3 is 46.0 Å². The summed E-state index contributed by atoms with van der Waals surface area (Å²) in [6, 6.07) is 24.3. The van der Waals surface area contributed by atoms with Crippen molar-refractivity contribution in [3.63, 3.8) is 0 Å². The minimum Gasteiger partial charge on any atom is -0.356 e. The van der Waals surface area contributed by atoms with E-state index in [0.717, 1.165) is 43.6 Å². The van der Waals surface area contributed by atoms with Gasteiger partial charge in [0, 0.05) is 46.3 Å². The molecule has 0 aliphatic heterocycles. The van der Waals surface area contributed by atoms with E-state index in [0.29, 0.717) is 0 Å². The number of benzene rings is 2. The summed E-state index contributed by atoms with van der Waals surface area (Å²) in [5.74, 6) is 0. The second kappa shape index (κ2) is 17.5. The molecule has 2 aromatic carbocycles. The Morgan fingerprint density at radius 3 is 0.732 bits per heavy atom. The van der Waals surface area contributed by atoms with Crippen LogP contribution >= 0.6 is 0 Å². The van der Waals surface area contributed by atoms with Crippen LogP contribution in [-0.4, -0.2) is 35.2 Å². The van der Waals surface area contributed by atoms with E-state index in [1.165, 1.54) is 0 Å². The van der Waals surface area contributed by atoms with E-state index in [-0.39, 0.29) is 37.7 Å². The van der Waals surface area contributed by atoms with Crippen LogP contribution in [0.25, 0.3) is 43.6 Å². The monoisotopic (exact) mass is 711 g/mol. The van der Waals surface area contributed by atoms with Gasteiger partial charge in [-0.15, -0.1) is 0 Å². The van der Waals surface area contributed by atoms with E-state index < -0.39 is 15.3 Å². The van der Waals surface area contributed by atoms with Gasteiger partial charge in [0.2, 0.25) is 0 Å². The molecule has 0 saturated heterocycles. The van der Waals surface area contributed by atoms with Crippen molar-refractivity contribution in [1.29, 1.82) is 0 Å². The van der Waals surface area contributed by atoms with Gasteiger partial charge in [0.05, 0.1) is 37.3 Å². The number of nitrogens with zero attached hydrogens (tertiary/aromatic N) is 7. The van der Waals surface area contributed by atoms with Crippen LogP contribution in [-0.2, 0) is 0 Å². The molecule has 0 saturated carbocycles. The second-order valence-electron chi connectivity index (χ2n) is 7.10. The summed E-state index contributed by atoms with van der Waals surface area (Å²) >= 11 is 0. The Labute approximate surface area is 258 Å². The van der Waals surface area contributed by atoms with Gasteiger partial charge in [-0.1, -0.05) is 48.5 Å². The molecule has 6 aromatic rings. The Hall–Kier alpha value is -5.06. The summed E-state index contributed by atoms with van der Waals surface area (Å²) in [6.45, 7) is 0. The molecule has 4 aromatic heterocycles. The zero-order valence-corrected chi connectivity index (χ0v) is 22.3. The van der Waals surface area contributed by atoms with Gasteiger partial charge in [-0.25, -0.2) is 0 Å². The first kappa shape index (κ1) is 34.0. The number of hydrogen-bond donors (Lipinski definition) is 0. The molecule has 17 heteroatoms. The molecule has 0 spiro atoms. The minimum atomic E-state index is -1.75. The zero-order valence-electron chi connectivity index (χ0n) is 20.3. The van der Waals surface area contributed by atoms with Crippen LogP contribution in [0.1, 0.15) is 0 Å². The van der Waals surface area contributed by atoms with Crippen molar-refractivity contribution in [1.82, 2.24) is 19.9 Å². The summed E-state index contributed by atoms with van der Waals surface area (Å²) in [7, 11) is 0. The van der Waals surface area contributed by atoms with E-state index in [9.17, 15) is 0 Å². The number of rotatable bonds is 0. The van der Waals surface area contributed by atoms with Crippen LogP contribution in [0, 0.1) is 83.7 Å². The standard InChI is InChI=1S/2C12H8N2.Ho.3NO3/c2*1-3-9-5-6-10-4-2-8-14-12(10)11(9)13-7-1;;3*2-1(3)4/h2*1-8H;;;;/q;;+3;3*-1.